The van der Waals surface area contributed by atoms with Gasteiger partial charge in [-0.2, -0.15) is 0 Å². The number of hydrazine groups is 1. The lowest BCUT2D eigenvalue weighted by atomic mass is 10.3. The highest BCUT2D eigenvalue weighted by Gasteiger charge is 2.06. The molecule has 2 rings (SSSR count). The van der Waals surface area contributed by atoms with Gasteiger partial charge in [0.25, 0.3) is 0 Å². The van der Waals surface area contributed by atoms with E-state index in [0.29, 0.717) is 22.5 Å². The number of aromatic nitrogens is 2. The van der Waals surface area contributed by atoms with Crippen molar-refractivity contribution < 1.29 is 4.39 Å². The molecule has 0 saturated carbocycles. The Morgan fingerprint density at radius 3 is 2.61 bits per heavy atom. The first-order valence-electron chi connectivity index (χ1n) is 5.13. The van der Waals surface area contributed by atoms with Crippen molar-refractivity contribution in [1.29, 1.82) is 0 Å². The summed E-state index contributed by atoms with van der Waals surface area (Å²) >= 11 is 5.67. The maximum absolute atomic E-state index is 13.6. The van der Waals surface area contributed by atoms with E-state index in [4.69, 9.17) is 17.4 Å². The minimum Gasteiger partial charge on any atom is -0.338 e. The third kappa shape index (κ3) is 2.85. The molecule has 5 nitrogen and oxygen atoms in total. The number of rotatable bonds is 3. The van der Waals surface area contributed by atoms with Gasteiger partial charge >= 0.3 is 0 Å². The summed E-state index contributed by atoms with van der Waals surface area (Å²) in [7, 11) is 0. The number of anilines is 3. The van der Waals surface area contributed by atoms with Crippen molar-refractivity contribution in [2.75, 3.05) is 10.7 Å². The molecule has 2 aromatic rings. The maximum Gasteiger partial charge on any atom is 0.148 e. The SMILES string of the molecule is Cc1nc(NN)cc(Nc2ccc(Cl)cc2F)n1. The summed E-state index contributed by atoms with van der Waals surface area (Å²) in [4.78, 5) is 8.15. The van der Waals surface area contributed by atoms with Crippen molar-refractivity contribution >= 4 is 28.9 Å². The van der Waals surface area contributed by atoms with E-state index < -0.39 is 5.82 Å². The zero-order valence-corrected chi connectivity index (χ0v) is 10.3. The van der Waals surface area contributed by atoms with Crippen LogP contribution < -0.4 is 16.6 Å². The van der Waals surface area contributed by atoms with E-state index in [0.717, 1.165) is 0 Å². The fourth-order valence-electron chi connectivity index (χ4n) is 1.43. The summed E-state index contributed by atoms with van der Waals surface area (Å²) in [5.41, 5.74) is 2.69. The molecule has 0 aliphatic heterocycles. The molecule has 0 amide bonds. The Morgan fingerprint density at radius 2 is 1.94 bits per heavy atom. The summed E-state index contributed by atoms with van der Waals surface area (Å²) in [6.45, 7) is 1.71. The number of hydrogen-bond donors (Lipinski definition) is 3. The summed E-state index contributed by atoms with van der Waals surface area (Å²) in [6, 6.07) is 5.91. The summed E-state index contributed by atoms with van der Waals surface area (Å²) in [5.74, 6) is 6.22. The Morgan fingerprint density at radius 1 is 1.22 bits per heavy atom. The molecule has 7 heteroatoms. The number of nitrogens with two attached hydrogens (primary N) is 1. The average molecular weight is 268 g/mol. The molecule has 0 saturated heterocycles. The first kappa shape index (κ1) is 12.5. The Balaban J connectivity index is 2.30. The van der Waals surface area contributed by atoms with Gasteiger partial charge in [-0.3, -0.25) is 0 Å². The predicted molar refractivity (Wildman–Crippen MR) is 69.3 cm³/mol. The molecule has 0 bridgehead atoms. The van der Waals surface area contributed by atoms with Crippen molar-refractivity contribution in [3.8, 4) is 0 Å². The first-order valence-corrected chi connectivity index (χ1v) is 5.50. The van der Waals surface area contributed by atoms with Gasteiger partial charge in [0.15, 0.2) is 0 Å². The number of hydrogen-bond acceptors (Lipinski definition) is 5. The standard InChI is InChI=1S/C11H11ClFN5/c1-6-15-10(5-11(16-6)18-14)17-9-3-2-7(12)4-8(9)13/h2-5H,14H2,1H3,(H2,15,16,17,18). The third-order valence-corrected chi connectivity index (χ3v) is 2.41. The number of nitrogens with one attached hydrogen (secondary N) is 2. The van der Waals surface area contributed by atoms with E-state index >= 15 is 0 Å². The first-order chi connectivity index (χ1) is 8.58. The van der Waals surface area contributed by atoms with Crippen LogP contribution in [0.5, 0.6) is 0 Å². The topological polar surface area (TPSA) is 75.9 Å². The van der Waals surface area contributed by atoms with E-state index in [2.05, 4.69) is 20.7 Å². The van der Waals surface area contributed by atoms with E-state index in [1.807, 2.05) is 0 Å². The van der Waals surface area contributed by atoms with Gasteiger partial charge in [-0.05, 0) is 25.1 Å². The van der Waals surface area contributed by atoms with E-state index in [-0.39, 0.29) is 5.69 Å². The molecule has 0 fully saturated rings. The monoisotopic (exact) mass is 267 g/mol. The molecule has 0 spiro atoms. The van der Waals surface area contributed by atoms with Crippen molar-refractivity contribution in [1.82, 2.24) is 9.97 Å². The van der Waals surface area contributed by atoms with Gasteiger partial charge in [0.2, 0.25) is 0 Å². The van der Waals surface area contributed by atoms with E-state index in [1.54, 1.807) is 19.1 Å². The summed E-state index contributed by atoms with van der Waals surface area (Å²) in [6.07, 6.45) is 0. The summed E-state index contributed by atoms with van der Waals surface area (Å²) < 4.78 is 13.6. The van der Waals surface area contributed by atoms with Crippen LogP contribution in [0.2, 0.25) is 5.02 Å². The van der Waals surface area contributed by atoms with Gasteiger partial charge in [-0.1, -0.05) is 11.6 Å². The zero-order valence-electron chi connectivity index (χ0n) is 9.54. The quantitative estimate of drug-likeness (QED) is 0.589. The van der Waals surface area contributed by atoms with Crippen LogP contribution in [0.15, 0.2) is 24.3 Å². The highest BCUT2D eigenvalue weighted by atomic mass is 35.5. The minimum absolute atomic E-state index is 0.278. The Bertz CT molecular complexity index is 575. The van der Waals surface area contributed by atoms with Gasteiger partial charge in [0.05, 0.1) is 5.69 Å². The van der Waals surface area contributed by atoms with E-state index in [9.17, 15) is 4.39 Å². The molecule has 0 atom stereocenters. The minimum atomic E-state index is -0.457. The second-order valence-corrected chi connectivity index (χ2v) is 4.02. The van der Waals surface area contributed by atoms with Crippen molar-refractivity contribution in [2.45, 2.75) is 6.92 Å². The second-order valence-electron chi connectivity index (χ2n) is 3.58. The van der Waals surface area contributed by atoms with Crippen molar-refractivity contribution in [2.24, 2.45) is 5.84 Å². The number of benzene rings is 1. The van der Waals surface area contributed by atoms with Crippen LogP contribution in [-0.2, 0) is 0 Å². The summed E-state index contributed by atoms with van der Waals surface area (Å²) in [5, 5.41) is 3.17. The predicted octanol–water partition coefficient (Wildman–Crippen LogP) is 2.61. The van der Waals surface area contributed by atoms with Gasteiger partial charge in [-0.15, -0.1) is 0 Å². The molecule has 0 radical (unpaired) electrons. The van der Waals surface area contributed by atoms with Crippen molar-refractivity contribution in [3.63, 3.8) is 0 Å². The molecule has 0 aliphatic rings. The fourth-order valence-corrected chi connectivity index (χ4v) is 1.59. The van der Waals surface area contributed by atoms with Crippen LogP contribution in [0, 0.1) is 12.7 Å². The molecule has 94 valence electrons. The normalized spacial score (nSPS) is 10.2. The molecule has 4 N–H and O–H groups in total. The molecule has 0 unspecified atom stereocenters. The van der Waals surface area contributed by atoms with Gasteiger partial charge in [0.1, 0.15) is 23.3 Å². The van der Waals surface area contributed by atoms with Crippen LogP contribution in [0.25, 0.3) is 0 Å². The van der Waals surface area contributed by atoms with Crippen LogP contribution in [0.1, 0.15) is 5.82 Å². The molecular weight excluding hydrogens is 257 g/mol. The molecular formula is C11H11ClFN5. The largest absolute Gasteiger partial charge is 0.338 e. The maximum atomic E-state index is 13.6. The molecule has 1 aromatic heterocycles. The lowest BCUT2D eigenvalue weighted by Crippen LogP contribution is -2.10. The lowest BCUT2D eigenvalue weighted by Gasteiger charge is -2.09. The highest BCUT2D eigenvalue weighted by Crippen LogP contribution is 2.22. The second kappa shape index (κ2) is 5.16. The number of aryl methyl sites for hydroxylation is 1. The van der Waals surface area contributed by atoms with Crippen LogP contribution in [-0.4, -0.2) is 9.97 Å². The van der Waals surface area contributed by atoms with Gasteiger partial charge < -0.3 is 10.7 Å². The average Bonchev–Trinajstić information content (AvgIpc) is 2.32. The molecule has 1 heterocycles. The van der Waals surface area contributed by atoms with Crippen LogP contribution in [0.4, 0.5) is 21.7 Å². The molecule has 1 aromatic carbocycles. The van der Waals surface area contributed by atoms with Crippen LogP contribution >= 0.6 is 11.6 Å². The Labute approximate surface area is 108 Å². The highest BCUT2D eigenvalue weighted by molar-refractivity contribution is 6.30. The van der Waals surface area contributed by atoms with E-state index in [1.165, 1.54) is 12.1 Å². The smallest absolute Gasteiger partial charge is 0.148 e. The van der Waals surface area contributed by atoms with Crippen molar-refractivity contribution in [3.05, 3.63) is 40.9 Å². The number of nitrogen functional groups attached to an aromatic ring is 1. The zero-order chi connectivity index (χ0) is 13.1. The van der Waals surface area contributed by atoms with Crippen LogP contribution in [0.3, 0.4) is 0 Å². The Kier molecular flexibility index (Phi) is 3.59. The number of nitrogens with zero attached hydrogens (tertiary/aromatic N) is 2. The third-order valence-electron chi connectivity index (χ3n) is 2.18. The van der Waals surface area contributed by atoms with Gasteiger partial charge in [0, 0.05) is 11.1 Å². The fraction of sp³-hybridized carbons (Fsp3) is 0.0909. The van der Waals surface area contributed by atoms with Gasteiger partial charge in [-0.25, -0.2) is 20.2 Å². The Hall–Kier alpha value is -1.92. The lowest BCUT2D eigenvalue weighted by molar-refractivity contribution is 0.632. The number of halogens is 2. The molecule has 0 aliphatic carbocycles. The molecule has 18 heavy (non-hydrogen) atoms.